The van der Waals surface area contributed by atoms with Crippen LogP contribution in [0.5, 0.6) is 0 Å². The molecule has 1 unspecified atom stereocenters. The smallest absolute Gasteiger partial charge is 0.445 e. The van der Waals surface area contributed by atoms with Crippen molar-refractivity contribution in [3.05, 3.63) is 71.8 Å². The Morgan fingerprint density at radius 1 is 0.471 bits per heavy atom. The summed E-state index contributed by atoms with van der Waals surface area (Å²) in [4.78, 5) is 64.2. The molecule has 4 amide bonds. The van der Waals surface area contributed by atoms with E-state index >= 15 is 0 Å². The number of hydrogen-bond acceptors (Lipinski definition) is 12. The van der Waals surface area contributed by atoms with Crippen LogP contribution in [0.1, 0.15) is 146 Å². The lowest BCUT2D eigenvalue weighted by molar-refractivity contribution is -0.131. The van der Waals surface area contributed by atoms with Gasteiger partial charge in [-0.05, 0) is 91.6 Å². The number of ketones is 1. The summed E-state index contributed by atoms with van der Waals surface area (Å²) in [6.45, 7) is 23.7. The summed E-state index contributed by atoms with van der Waals surface area (Å²) in [5.41, 5.74) is 1.70. The van der Waals surface area contributed by atoms with Crippen LogP contribution in [0, 0.1) is 47.3 Å². The van der Waals surface area contributed by atoms with Crippen molar-refractivity contribution in [2.24, 2.45) is 47.3 Å². The highest BCUT2D eigenvalue weighted by Gasteiger charge is 2.35. The number of alkyl carbamates (subject to hydrolysis) is 2. The molecule has 0 radical (unpaired) electrons. The number of benzene rings is 2. The molecule has 0 saturated carbocycles. The SMILES string of the molecule is CC(C)C[C@H](CC(=O)[C@H](CC(C)C)NC(=O)OCc1ccccc1)C(=O)N[C@@H](CC(C)C)B(O)O.CC(C)C[C@H](CC(O)[C@H](CC(C)C)NC(=O)OCc1ccccc1)C(=O)N[C@@H](CC(C)C)B(O)O. The van der Waals surface area contributed by atoms with Crippen LogP contribution in [0.3, 0.4) is 0 Å². The molecular formula is C52H88B2N4O12. The number of ether oxygens (including phenoxy) is 2. The number of carbonyl (C=O) groups is 5. The third kappa shape index (κ3) is 28.4. The van der Waals surface area contributed by atoms with Gasteiger partial charge in [0.15, 0.2) is 5.78 Å². The number of aliphatic hydroxyl groups excluding tert-OH is 1. The zero-order chi connectivity index (χ0) is 53.1. The first kappa shape index (κ1) is 63.5. The molecular weight excluding hydrogens is 894 g/mol. The van der Waals surface area contributed by atoms with Gasteiger partial charge >= 0.3 is 26.4 Å². The molecule has 16 nitrogen and oxygen atoms in total. The van der Waals surface area contributed by atoms with Gasteiger partial charge < -0.3 is 55.9 Å². The largest absolute Gasteiger partial charge is 0.475 e. The van der Waals surface area contributed by atoms with Crippen LogP contribution < -0.4 is 21.3 Å². The highest BCUT2D eigenvalue weighted by atomic mass is 16.6. The van der Waals surface area contributed by atoms with Crippen molar-refractivity contribution in [1.29, 1.82) is 0 Å². The summed E-state index contributed by atoms with van der Waals surface area (Å²) < 4.78 is 10.6. The Morgan fingerprint density at radius 2 is 0.843 bits per heavy atom. The molecule has 0 heterocycles. The monoisotopic (exact) mass is 983 g/mol. The molecule has 0 aliphatic rings. The van der Waals surface area contributed by atoms with Gasteiger partial charge in [0.05, 0.1) is 30.1 Å². The van der Waals surface area contributed by atoms with E-state index in [2.05, 4.69) is 21.3 Å². The molecule has 2 aromatic carbocycles. The Labute approximate surface area is 419 Å². The van der Waals surface area contributed by atoms with Crippen LogP contribution in [-0.4, -0.2) is 99.3 Å². The topological polar surface area (TPSA) is 253 Å². The zero-order valence-electron chi connectivity index (χ0n) is 44.1. The second-order valence-corrected chi connectivity index (χ2v) is 21.3. The van der Waals surface area contributed by atoms with Crippen molar-refractivity contribution < 1.29 is 58.6 Å². The lowest BCUT2D eigenvalue weighted by atomic mass is 9.74. The minimum absolute atomic E-state index is 0.0592. The molecule has 70 heavy (non-hydrogen) atoms. The fraction of sp³-hybridized carbons (Fsp3) is 0.673. The predicted octanol–water partition coefficient (Wildman–Crippen LogP) is 6.78. The molecule has 0 aromatic heterocycles. The fourth-order valence-electron chi connectivity index (χ4n) is 8.09. The van der Waals surface area contributed by atoms with E-state index in [-0.39, 0.29) is 79.2 Å². The summed E-state index contributed by atoms with van der Waals surface area (Å²) in [5, 5.41) is 60.8. The number of aliphatic hydroxyl groups is 1. The van der Waals surface area contributed by atoms with Gasteiger partial charge in [0, 0.05) is 18.3 Å². The van der Waals surface area contributed by atoms with Crippen molar-refractivity contribution in [1.82, 2.24) is 21.3 Å². The number of hydrogen-bond donors (Lipinski definition) is 9. The van der Waals surface area contributed by atoms with Crippen LogP contribution in [0.2, 0.25) is 0 Å². The van der Waals surface area contributed by atoms with Crippen LogP contribution in [0.15, 0.2) is 60.7 Å². The first-order valence-electron chi connectivity index (χ1n) is 25.3. The normalized spacial score (nSPS) is 14.4. The number of amides is 4. The molecule has 0 saturated heterocycles. The Kier molecular flexibility index (Phi) is 30.8. The molecule has 0 aliphatic carbocycles. The standard InChI is InChI=1S/C26H45BN2O6.C26H43BN2O6/c2*1-17(2)12-21(25(31)29-24(27(33)34)14-19(5)6)15-23(30)22(13-18(3)4)28-26(32)35-16-20-10-8-7-9-11-20/h7-11,17-19,21-24,30,33-34H,12-16H2,1-6H3,(H,28,32)(H,29,31);7-11,17-19,21-22,24,33-34H,12-16H2,1-6H3,(H,28,32)(H,29,31)/t21-,22+,23?,24+;21-,22+,24+/m11/s1. The average molecular weight is 983 g/mol. The molecule has 2 rings (SSSR count). The van der Waals surface area contributed by atoms with E-state index in [9.17, 15) is 49.2 Å². The molecule has 0 aliphatic heterocycles. The van der Waals surface area contributed by atoms with Crippen molar-refractivity contribution in [2.75, 3.05) is 0 Å². The number of Topliss-reactive ketones (excluding diaryl/α,β-unsaturated/α-hetero) is 1. The predicted molar refractivity (Wildman–Crippen MR) is 275 cm³/mol. The third-order valence-corrected chi connectivity index (χ3v) is 11.4. The first-order chi connectivity index (χ1) is 32.8. The Hall–Kier alpha value is -4.48. The lowest BCUT2D eigenvalue weighted by Crippen LogP contribution is -2.50. The van der Waals surface area contributed by atoms with Gasteiger partial charge in [-0.15, -0.1) is 0 Å². The second-order valence-electron chi connectivity index (χ2n) is 21.3. The maximum Gasteiger partial charge on any atom is 0.475 e. The van der Waals surface area contributed by atoms with Gasteiger partial charge in [-0.3, -0.25) is 14.4 Å². The maximum absolute atomic E-state index is 13.2. The third-order valence-electron chi connectivity index (χ3n) is 11.4. The Balaban J connectivity index is 0.000000700. The quantitative estimate of drug-likeness (QED) is 0.0368. The minimum atomic E-state index is -1.69. The molecule has 0 fully saturated rings. The second kappa shape index (κ2) is 34.0. The van der Waals surface area contributed by atoms with E-state index in [0.29, 0.717) is 38.5 Å². The fourth-order valence-corrected chi connectivity index (χ4v) is 8.09. The highest BCUT2D eigenvalue weighted by molar-refractivity contribution is 6.44. The molecule has 18 heteroatoms. The van der Waals surface area contributed by atoms with Gasteiger partial charge in [-0.25, -0.2) is 9.59 Å². The first-order valence-corrected chi connectivity index (χ1v) is 25.3. The molecule has 0 bridgehead atoms. The van der Waals surface area contributed by atoms with Crippen LogP contribution >= 0.6 is 0 Å². The molecule has 2 aromatic rings. The van der Waals surface area contributed by atoms with E-state index < -0.39 is 68.3 Å². The van der Waals surface area contributed by atoms with Crippen molar-refractivity contribution in [3.8, 4) is 0 Å². The number of rotatable bonds is 30. The zero-order valence-corrected chi connectivity index (χ0v) is 44.1. The molecule has 7 atom stereocenters. The van der Waals surface area contributed by atoms with Gasteiger partial charge in [0.25, 0.3) is 0 Å². The van der Waals surface area contributed by atoms with Crippen molar-refractivity contribution in [2.45, 2.75) is 178 Å². The van der Waals surface area contributed by atoms with Crippen LogP contribution in [-0.2, 0) is 37.1 Å². The molecule has 0 spiro atoms. The van der Waals surface area contributed by atoms with E-state index in [4.69, 9.17) is 9.47 Å². The summed E-state index contributed by atoms with van der Waals surface area (Å²) in [6, 6.07) is 17.2. The summed E-state index contributed by atoms with van der Waals surface area (Å²) in [6.07, 6.45) is 0.532. The summed E-state index contributed by atoms with van der Waals surface area (Å²) in [7, 11) is -3.35. The van der Waals surface area contributed by atoms with Crippen LogP contribution in [0.4, 0.5) is 9.59 Å². The summed E-state index contributed by atoms with van der Waals surface area (Å²) >= 11 is 0. The number of nitrogens with one attached hydrogen (secondary N) is 4. The molecule has 394 valence electrons. The number of carbonyl (C=O) groups excluding carboxylic acids is 5. The van der Waals surface area contributed by atoms with E-state index in [1.165, 1.54) is 0 Å². The molecule has 9 N–H and O–H groups in total. The van der Waals surface area contributed by atoms with E-state index in [0.717, 1.165) is 11.1 Å². The Bertz CT molecular complexity index is 1790. The van der Waals surface area contributed by atoms with Gasteiger partial charge in [-0.2, -0.15) is 0 Å². The minimum Gasteiger partial charge on any atom is -0.445 e. The average Bonchev–Trinajstić information content (AvgIpc) is 3.26. The van der Waals surface area contributed by atoms with Crippen molar-refractivity contribution in [3.63, 3.8) is 0 Å². The van der Waals surface area contributed by atoms with E-state index in [1.807, 2.05) is 144 Å². The lowest BCUT2D eigenvalue weighted by Gasteiger charge is -2.30. The van der Waals surface area contributed by atoms with E-state index in [1.54, 1.807) is 0 Å². The maximum atomic E-state index is 13.2. The van der Waals surface area contributed by atoms with Gasteiger partial charge in [-0.1, -0.05) is 144 Å². The van der Waals surface area contributed by atoms with Crippen LogP contribution in [0.25, 0.3) is 0 Å². The Morgan fingerprint density at radius 3 is 1.23 bits per heavy atom. The van der Waals surface area contributed by atoms with Crippen molar-refractivity contribution >= 4 is 44.0 Å². The van der Waals surface area contributed by atoms with Gasteiger partial charge in [0.1, 0.15) is 13.2 Å². The van der Waals surface area contributed by atoms with Gasteiger partial charge in [0.2, 0.25) is 11.8 Å². The highest BCUT2D eigenvalue weighted by Crippen LogP contribution is 2.24. The summed E-state index contributed by atoms with van der Waals surface area (Å²) in [5.74, 6) is -2.78.